The molecule has 0 unspecified atom stereocenters. The normalized spacial score (nSPS) is 19.2. The molecule has 2 aliphatic heterocycles. The highest BCUT2D eigenvalue weighted by Gasteiger charge is 2.23. The largest absolute Gasteiger partial charge is 0.342 e. The molecular formula is C21H26N6. The number of likely N-dealkylation sites (tertiary alicyclic amines) is 1. The highest BCUT2D eigenvalue weighted by Crippen LogP contribution is 2.28. The molecule has 0 amide bonds. The Labute approximate surface area is 159 Å². The van der Waals surface area contributed by atoms with Crippen LogP contribution >= 0.6 is 0 Å². The summed E-state index contributed by atoms with van der Waals surface area (Å²) in [7, 11) is 0. The number of hydrogen-bond acceptors (Lipinski definition) is 5. The third-order valence-electron chi connectivity index (χ3n) is 5.86. The fourth-order valence-electron chi connectivity index (χ4n) is 4.30. The Hall–Kier alpha value is -2.47. The van der Waals surface area contributed by atoms with Gasteiger partial charge in [0.25, 0.3) is 0 Å². The van der Waals surface area contributed by atoms with Crippen LogP contribution in [0.2, 0.25) is 0 Å². The number of fused-ring (bicyclic) bond motifs is 1. The third kappa shape index (κ3) is 3.54. The van der Waals surface area contributed by atoms with Crippen LogP contribution in [-0.2, 0) is 6.54 Å². The average molecular weight is 362 g/mol. The molecule has 0 aliphatic carbocycles. The van der Waals surface area contributed by atoms with Crippen LogP contribution in [0.25, 0.3) is 11.0 Å². The summed E-state index contributed by atoms with van der Waals surface area (Å²) in [4.78, 5) is 22.4. The smallest absolute Gasteiger partial charge is 0.225 e. The van der Waals surface area contributed by atoms with E-state index in [4.69, 9.17) is 9.97 Å². The van der Waals surface area contributed by atoms with Gasteiger partial charge in [-0.05, 0) is 57.0 Å². The lowest BCUT2D eigenvalue weighted by atomic mass is 9.96. The van der Waals surface area contributed by atoms with E-state index in [1.807, 2.05) is 12.3 Å². The Balaban J connectivity index is 1.21. The number of anilines is 1. The molecule has 6 nitrogen and oxygen atoms in total. The van der Waals surface area contributed by atoms with E-state index >= 15 is 0 Å². The predicted octanol–water partition coefficient (Wildman–Crippen LogP) is 3.33. The van der Waals surface area contributed by atoms with Gasteiger partial charge < -0.3 is 9.88 Å². The van der Waals surface area contributed by atoms with E-state index in [0.29, 0.717) is 5.92 Å². The van der Waals surface area contributed by atoms with Gasteiger partial charge in [0.15, 0.2) is 0 Å². The molecule has 2 aromatic heterocycles. The van der Waals surface area contributed by atoms with E-state index in [1.165, 1.54) is 12.8 Å². The molecule has 0 saturated carbocycles. The van der Waals surface area contributed by atoms with Gasteiger partial charge in [0.2, 0.25) is 5.95 Å². The van der Waals surface area contributed by atoms with Crippen molar-refractivity contribution in [1.82, 2.24) is 24.8 Å². The van der Waals surface area contributed by atoms with Crippen molar-refractivity contribution in [2.45, 2.75) is 38.1 Å². The van der Waals surface area contributed by atoms with E-state index in [9.17, 15) is 0 Å². The lowest BCUT2D eigenvalue weighted by molar-refractivity contribution is 0.200. The number of imidazole rings is 1. The minimum absolute atomic E-state index is 0.527. The minimum Gasteiger partial charge on any atom is -0.342 e. The lowest BCUT2D eigenvalue weighted by Gasteiger charge is -2.30. The standard InChI is InChI=1S/C21H26N6/c1-2-6-19-18(5-1)24-20(25-19)16-8-13-26(14-9-16)15-17-7-10-22-21(23-17)27-11-3-4-12-27/h1-2,5-7,10,16H,3-4,8-9,11-15H2,(H,24,25). The number of nitrogens with zero attached hydrogens (tertiary/aromatic N) is 5. The Morgan fingerprint density at radius 2 is 1.78 bits per heavy atom. The second-order valence-corrected chi connectivity index (χ2v) is 7.73. The zero-order valence-corrected chi connectivity index (χ0v) is 15.6. The van der Waals surface area contributed by atoms with Crippen molar-refractivity contribution < 1.29 is 0 Å². The monoisotopic (exact) mass is 362 g/mol. The Bertz CT molecular complexity index is 873. The maximum Gasteiger partial charge on any atom is 0.225 e. The molecule has 0 bridgehead atoms. The summed E-state index contributed by atoms with van der Waals surface area (Å²) in [5.41, 5.74) is 3.35. The van der Waals surface area contributed by atoms with Gasteiger partial charge in [-0.25, -0.2) is 15.0 Å². The first kappa shape index (κ1) is 16.7. The summed E-state index contributed by atoms with van der Waals surface area (Å²) >= 11 is 0. The number of nitrogens with one attached hydrogen (secondary N) is 1. The molecule has 5 rings (SSSR count). The SMILES string of the molecule is c1ccc2[nH]c(C3CCN(Cc4ccnc(N5CCCC5)n4)CC3)nc2c1. The number of benzene rings is 1. The molecule has 140 valence electrons. The second-order valence-electron chi connectivity index (χ2n) is 7.73. The summed E-state index contributed by atoms with van der Waals surface area (Å²) in [6, 6.07) is 10.4. The van der Waals surface area contributed by atoms with Crippen LogP contribution in [-0.4, -0.2) is 51.0 Å². The van der Waals surface area contributed by atoms with Crippen LogP contribution in [0.4, 0.5) is 5.95 Å². The number of para-hydroxylation sites is 2. The number of piperidine rings is 1. The molecular weight excluding hydrogens is 336 g/mol. The molecule has 2 saturated heterocycles. The highest BCUT2D eigenvalue weighted by atomic mass is 15.3. The molecule has 27 heavy (non-hydrogen) atoms. The van der Waals surface area contributed by atoms with Crippen LogP contribution in [0.1, 0.15) is 43.1 Å². The second kappa shape index (κ2) is 7.27. The molecule has 2 fully saturated rings. The molecule has 2 aliphatic rings. The van der Waals surface area contributed by atoms with Gasteiger partial charge in [0, 0.05) is 31.7 Å². The van der Waals surface area contributed by atoms with E-state index in [2.05, 4.69) is 44.0 Å². The summed E-state index contributed by atoms with van der Waals surface area (Å²) < 4.78 is 0. The maximum atomic E-state index is 4.81. The summed E-state index contributed by atoms with van der Waals surface area (Å²) in [5.74, 6) is 2.58. The Morgan fingerprint density at radius 3 is 2.59 bits per heavy atom. The van der Waals surface area contributed by atoms with E-state index in [-0.39, 0.29) is 0 Å². The zero-order chi connectivity index (χ0) is 18.1. The van der Waals surface area contributed by atoms with Gasteiger partial charge in [-0.1, -0.05) is 12.1 Å². The molecule has 3 aromatic rings. The molecule has 0 spiro atoms. The van der Waals surface area contributed by atoms with E-state index in [0.717, 1.165) is 74.1 Å². The van der Waals surface area contributed by atoms with Crippen molar-refractivity contribution in [2.24, 2.45) is 0 Å². The van der Waals surface area contributed by atoms with Crippen LogP contribution in [0, 0.1) is 0 Å². The van der Waals surface area contributed by atoms with E-state index < -0.39 is 0 Å². The Morgan fingerprint density at radius 1 is 0.963 bits per heavy atom. The van der Waals surface area contributed by atoms with Gasteiger partial charge in [0.1, 0.15) is 5.82 Å². The van der Waals surface area contributed by atoms with Gasteiger partial charge >= 0.3 is 0 Å². The average Bonchev–Trinajstić information content (AvgIpc) is 3.39. The third-order valence-corrected chi connectivity index (χ3v) is 5.86. The van der Waals surface area contributed by atoms with Crippen LogP contribution in [0.15, 0.2) is 36.5 Å². The maximum absolute atomic E-state index is 4.81. The molecule has 0 atom stereocenters. The summed E-state index contributed by atoms with van der Waals surface area (Å²) in [6.07, 6.45) is 6.71. The summed E-state index contributed by atoms with van der Waals surface area (Å²) in [6.45, 7) is 5.27. The van der Waals surface area contributed by atoms with Crippen molar-refractivity contribution in [2.75, 3.05) is 31.1 Å². The number of aromatic nitrogens is 4. The lowest BCUT2D eigenvalue weighted by Crippen LogP contribution is -2.33. The van der Waals surface area contributed by atoms with Crippen LogP contribution < -0.4 is 4.90 Å². The van der Waals surface area contributed by atoms with Crippen LogP contribution in [0.5, 0.6) is 0 Å². The van der Waals surface area contributed by atoms with Gasteiger partial charge in [0.05, 0.1) is 16.7 Å². The first-order chi connectivity index (χ1) is 13.3. The molecule has 4 heterocycles. The fraction of sp³-hybridized carbons (Fsp3) is 0.476. The first-order valence-corrected chi connectivity index (χ1v) is 10.1. The fourth-order valence-corrected chi connectivity index (χ4v) is 4.30. The van der Waals surface area contributed by atoms with Crippen molar-refractivity contribution >= 4 is 17.0 Å². The van der Waals surface area contributed by atoms with E-state index in [1.54, 1.807) is 0 Å². The van der Waals surface area contributed by atoms with Crippen molar-refractivity contribution in [3.8, 4) is 0 Å². The quantitative estimate of drug-likeness (QED) is 0.771. The highest BCUT2D eigenvalue weighted by molar-refractivity contribution is 5.74. The number of H-pyrrole nitrogens is 1. The topological polar surface area (TPSA) is 60.9 Å². The Kier molecular flexibility index (Phi) is 4.49. The zero-order valence-electron chi connectivity index (χ0n) is 15.6. The van der Waals surface area contributed by atoms with Crippen molar-refractivity contribution in [1.29, 1.82) is 0 Å². The number of rotatable bonds is 4. The molecule has 0 radical (unpaired) electrons. The predicted molar refractivity (Wildman–Crippen MR) is 107 cm³/mol. The molecule has 1 aromatic carbocycles. The van der Waals surface area contributed by atoms with Gasteiger partial charge in [-0.15, -0.1) is 0 Å². The first-order valence-electron chi connectivity index (χ1n) is 10.1. The molecule has 6 heteroatoms. The van der Waals surface area contributed by atoms with Crippen molar-refractivity contribution in [3.05, 3.63) is 48.0 Å². The van der Waals surface area contributed by atoms with Gasteiger partial charge in [-0.3, -0.25) is 4.90 Å². The molecule has 1 N–H and O–H groups in total. The van der Waals surface area contributed by atoms with Crippen molar-refractivity contribution in [3.63, 3.8) is 0 Å². The minimum atomic E-state index is 0.527. The van der Waals surface area contributed by atoms with Crippen LogP contribution in [0.3, 0.4) is 0 Å². The summed E-state index contributed by atoms with van der Waals surface area (Å²) in [5, 5.41) is 0. The number of hydrogen-bond donors (Lipinski definition) is 1. The van der Waals surface area contributed by atoms with Gasteiger partial charge in [-0.2, -0.15) is 0 Å². The number of aromatic amines is 1.